The summed E-state index contributed by atoms with van der Waals surface area (Å²) in [7, 11) is 0. The fraction of sp³-hybridized carbons (Fsp3) is 0.786. The third kappa shape index (κ3) is 3.31. The monoisotopic (exact) mass is 268 g/mol. The smallest absolute Gasteiger partial charge is 0.0982 e. The molecule has 1 aliphatic carbocycles. The lowest BCUT2D eigenvalue weighted by Crippen LogP contribution is -2.41. The quantitative estimate of drug-likeness (QED) is 0.892. The highest BCUT2D eigenvalue weighted by Gasteiger charge is 2.25. The molecule has 18 heavy (non-hydrogen) atoms. The van der Waals surface area contributed by atoms with E-state index < -0.39 is 0 Å². The fourth-order valence-corrected chi connectivity index (χ4v) is 3.10. The number of aromatic nitrogens is 1. The number of hydrogen-bond donors (Lipinski definition) is 1. The predicted octanol–water partition coefficient (Wildman–Crippen LogP) is 2.79. The van der Waals surface area contributed by atoms with Gasteiger partial charge < -0.3 is 5.11 Å². The molecule has 0 aromatic carbocycles. The van der Waals surface area contributed by atoms with E-state index in [-0.39, 0.29) is 12.0 Å². The second kappa shape index (κ2) is 5.68. The molecule has 1 fully saturated rings. The van der Waals surface area contributed by atoms with Gasteiger partial charge in [0, 0.05) is 29.9 Å². The summed E-state index contributed by atoms with van der Waals surface area (Å²) in [6.45, 7) is 8.50. The van der Waals surface area contributed by atoms with Gasteiger partial charge in [-0.05, 0) is 12.8 Å². The zero-order valence-electron chi connectivity index (χ0n) is 11.6. The summed E-state index contributed by atoms with van der Waals surface area (Å²) in [5.74, 6) is 0. The van der Waals surface area contributed by atoms with Gasteiger partial charge in [-0.25, -0.2) is 4.98 Å². The lowest BCUT2D eigenvalue weighted by molar-refractivity contribution is 0.0934. The van der Waals surface area contributed by atoms with Gasteiger partial charge >= 0.3 is 0 Å². The summed E-state index contributed by atoms with van der Waals surface area (Å²) in [4.78, 5) is 7.12. The molecule has 4 heteroatoms. The highest BCUT2D eigenvalue weighted by atomic mass is 32.1. The largest absolute Gasteiger partial charge is 0.395 e. The molecule has 0 aliphatic heterocycles. The van der Waals surface area contributed by atoms with Gasteiger partial charge in [-0.2, -0.15) is 0 Å². The van der Waals surface area contributed by atoms with Crippen LogP contribution in [0.2, 0.25) is 0 Å². The predicted molar refractivity (Wildman–Crippen MR) is 75.9 cm³/mol. The van der Waals surface area contributed by atoms with E-state index in [2.05, 4.69) is 31.1 Å². The summed E-state index contributed by atoms with van der Waals surface area (Å²) in [5.41, 5.74) is 1.30. The van der Waals surface area contributed by atoms with Crippen molar-refractivity contribution < 1.29 is 5.11 Å². The molecule has 0 atom stereocenters. The van der Waals surface area contributed by atoms with Crippen molar-refractivity contribution in [1.82, 2.24) is 9.88 Å². The van der Waals surface area contributed by atoms with Crippen LogP contribution in [0.3, 0.4) is 0 Å². The number of aliphatic hydroxyl groups is 1. The number of nitrogens with zero attached hydrogens (tertiary/aromatic N) is 2. The van der Waals surface area contributed by atoms with Gasteiger partial charge in [0.15, 0.2) is 0 Å². The summed E-state index contributed by atoms with van der Waals surface area (Å²) in [6, 6.07) is 0.664. The maximum absolute atomic E-state index is 9.16. The van der Waals surface area contributed by atoms with E-state index >= 15 is 0 Å². The van der Waals surface area contributed by atoms with E-state index in [1.165, 1.54) is 24.3 Å². The van der Waals surface area contributed by atoms with Gasteiger partial charge in [0.25, 0.3) is 0 Å². The Morgan fingerprint density at radius 2 is 2.17 bits per heavy atom. The van der Waals surface area contributed by atoms with Crippen molar-refractivity contribution >= 4 is 11.3 Å². The Kier molecular flexibility index (Phi) is 4.41. The van der Waals surface area contributed by atoms with Gasteiger partial charge in [-0.15, -0.1) is 11.3 Å². The average molecular weight is 268 g/mol. The number of thiazole rings is 1. The minimum Gasteiger partial charge on any atom is -0.395 e. The maximum atomic E-state index is 9.16. The molecule has 1 heterocycles. The first-order chi connectivity index (χ1) is 8.50. The number of hydrogen-bond acceptors (Lipinski definition) is 4. The highest BCUT2D eigenvalue weighted by Crippen LogP contribution is 2.28. The SMILES string of the molecule is CC(C)(C)c1nc(CN(CCO)C2CCC2)cs1. The molecular weight excluding hydrogens is 244 g/mol. The van der Waals surface area contributed by atoms with E-state index in [4.69, 9.17) is 10.1 Å². The third-order valence-corrected chi connectivity index (χ3v) is 4.85. The van der Waals surface area contributed by atoms with Crippen LogP contribution < -0.4 is 0 Å². The van der Waals surface area contributed by atoms with Gasteiger partial charge in [0.05, 0.1) is 17.3 Å². The van der Waals surface area contributed by atoms with Crippen molar-refractivity contribution in [3.05, 3.63) is 16.1 Å². The second-order valence-corrected chi connectivity index (χ2v) is 7.03. The van der Waals surface area contributed by atoms with Crippen LogP contribution in [0, 0.1) is 0 Å². The molecule has 3 nitrogen and oxygen atoms in total. The standard InChI is InChI=1S/C14H24N2OS/c1-14(2,3)13-15-11(10-18-13)9-16(7-8-17)12-5-4-6-12/h10,12,17H,4-9H2,1-3H3. The highest BCUT2D eigenvalue weighted by molar-refractivity contribution is 7.09. The molecular formula is C14H24N2OS. The molecule has 0 bridgehead atoms. The summed E-state index contributed by atoms with van der Waals surface area (Å²) in [5, 5.41) is 12.5. The topological polar surface area (TPSA) is 36.4 Å². The molecule has 1 aliphatic rings. The van der Waals surface area contributed by atoms with Crippen LogP contribution in [0.1, 0.15) is 50.7 Å². The molecule has 0 radical (unpaired) electrons. The molecule has 1 aromatic heterocycles. The minimum atomic E-state index is 0.140. The fourth-order valence-electron chi connectivity index (χ4n) is 2.20. The molecule has 0 amide bonds. The van der Waals surface area contributed by atoms with E-state index in [1.807, 2.05) is 0 Å². The van der Waals surface area contributed by atoms with Gasteiger partial charge in [0.2, 0.25) is 0 Å². The van der Waals surface area contributed by atoms with Gasteiger partial charge in [-0.1, -0.05) is 27.2 Å². The zero-order chi connectivity index (χ0) is 13.2. The Labute approximate surface area is 114 Å². The van der Waals surface area contributed by atoms with Crippen molar-refractivity contribution in [2.24, 2.45) is 0 Å². The van der Waals surface area contributed by atoms with Crippen LogP contribution in [0.25, 0.3) is 0 Å². The van der Waals surface area contributed by atoms with E-state index in [9.17, 15) is 0 Å². The van der Waals surface area contributed by atoms with Crippen molar-refractivity contribution in [3.8, 4) is 0 Å². The summed E-state index contributed by atoms with van der Waals surface area (Å²) < 4.78 is 0. The maximum Gasteiger partial charge on any atom is 0.0982 e. The lowest BCUT2D eigenvalue weighted by atomic mass is 9.91. The van der Waals surface area contributed by atoms with Crippen LogP contribution in [-0.2, 0) is 12.0 Å². The van der Waals surface area contributed by atoms with Crippen molar-refractivity contribution in [2.45, 2.75) is 58.0 Å². The summed E-state index contributed by atoms with van der Waals surface area (Å²) in [6.07, 6.45) is 3.88. The van der Waals surface area contributed by atoms with E-state index in [0.717, 1.165) is 18.8 Å². The zero-order valence-corrected chi connectivity index (χ0v) is 12.5. The first-order valence-corrected chi connectivity index (χ1v) is 7.68. The minimum absolute atomic E-state index is 0.140. The van der Waals surface area contributed by atoms with Gasteiger partial charge in [0.1, 0.15) is 0 Å². The Balaban J connectivity index is 2.00. The molecule has 1 N–H and O–H groups in total. The average Bonchev–Trinajstić information content (AvgIpc) is 2.63. The molecule has 1 aromatic rings. The van der Waals surface area contributed by atoms with Crippen molar-refractivity contribution in [2.75, 3.05) is 13.2 Å². The van der Waals surface area contributed by atoms with Crippen LogP contribution in [0.5, 0.6) is 0 Å². The molecule has 0 spiro atoms. The number of rotatable bonds is 5. The van der Waals surface area contributed by atoms with E-state index in [1.54, 1.807) is 11.3 Å². The lowest BCUT2D eigenvalue weighted by Gasteiger charge is -2.36. The molecule has 1 saturated carbocycles. The van der Waals surface area contributed by atoms with E-state index in [0.29, 0.717) is 6.04 Å². The first-order valence-electron chi connectivity index (χ1n) is 6.80. The normalized spacial score (nSPS) is 17.2. The van der Waals surface area contributed by atoms with Crippen molar-refractivity contribution in [1.29, 1.82) is 0 Å². The second-order valence-electron chi connectivity index (χ2n) is 6.17. The van der Waals surface area contributed by atoms with Crippen molar-refractivity contribution in [3.63, 3.8) is 0 Å². The molecule has 2 rings (SSSR count). The van der Waals surface area contributed by atoms with Crippen LogP contribution >= 0.6 is 11.3 Å². The Bertz CT molecular complexity index is 379. The summed E-state index contributed by atoms with van der Waals surface area (Å²) >= 11 is 1.75. The number of aliphatic hydroxyl groups excluding tert-OH is 1. The van der Waals surface area contributed by atoms with Crippen LogP contribution in [0.4, 0.5) is 0 Å². The van der Waals surface area contributed by atoms with Crippen LogP contribution in [0.15, 0.2) is 5.38 Å². The third-order valence-electron chi connectivity index (χ3n) is 3.54. The van der Waals surface area contributed by atoms with Crippen LogP contribution in [-0.4, -0.2) is 34.2 Å². The van der Waals surface area contributed by atoms with Gasteiger partial charge in [-0.3, -0.25) is 4.90 Å². The Hall–Kier alpha value is -0.450. The Morgan fingerprint density at radius 1 is 1.44 bits per heavy atom. The Morgan fingerprint density at radius 3 is 2.61 bits per heavy atom. The first kappa shape index (κ1) is 14.0. The molecule has 102 valence electrons. The molecule has 0 unspecified atom stereocenters. The molecule has 0 saturated heterocycles.